The summed E-state index contributed by atoms with van der Waals surface area (Å²) >= 11 is 0. The van der Waals surface area contributed by atoms with Crippen molar-refractivity contribution in [1.82, 2.24) is 0 Å². The molecule has 0 radical (unpaired) electrons. The minimum atomic E-state index is -0.629. The van der Waals surface area contributed by atoms with E-state index in [2.05, 4.69) is 4.74 Å². The number of hydrogen-bond donors (Lipinski definition) is 0. The Kier molecular flexibility index (Phi) is 5.00. The molecule has 0 aromatic heterocycles. The third kappa shape index (κ3) is 4.55. The molecule has 0 saturated heterocycles. The van der Waals surface area contributed by atoms with Crippen molar-refractivity contribution in [3.63, 3.8) is 0 Å². The largest absolute Gasteiger partial charge is 0.623 e. The molecule has 0 fully saturated rings. The summed E-state index contributed by atoms with van der Waals surface area (Å²) < 4.78 is 10.2. The molecule has 0 N–H and O–H groups in total. The van der Waals surface area contributed by atoms with Crippen LogP contribution in [0.2, 0.25) is 0 Å². The van der Waals surface area contributed by atoms with Crippen LogP contribution < -0.4 is 4.74 Å². The number of hydroxylamine groups is 1. The monoisotopic (exact) mass is 237 g/mol. The fraction of sp³-hybridized carbons (Fsp3) is 0.333. The molecule has 92 valence electrons. The average Bonchev–Trinajstić information content (AvgIpc) is 2.30. The Morgan fingerprint density at radius 3 is 2.59 bits per heavy atom. The van der Waals surface area contributed by atoms with Gasteiger partial charge in [0.15, 0.2) is 6.54 Å². The zero-order valence-corrected chi connectivity index (χ0v) is 9.88. The molecule has 1 aromatic rings. The van der Waals surface area contributed by atoms with Gasteiger partial charge in [0, 0.05) is 5.56 Å². The first-order chi connectivity index (χ1) is 8.15. The summed E-state index contributed by atoms with van der Waals surface area (Å²) in [7, 11) is 1.57. The molecule has 0 saturated carbocycles. The second-order valence-electron chi connectivity index (χ2n) is 3.30. The quantitative estimate of drug-likeness (QED) is 0.255. The number of hydrogen-bond acceptors (Lipinski definition) is 4. The summed E-state index contributed by atoms with van der Waals surface area (Å²) in [4.78, 5) is 11.0. The summed E-state index contributed by atoms with van der Waals surface area (Å²) in [6.45, 7) is 2.04. The Balaban J connectivity index is 2.60. The number of ether oxygens (including phenoxy) is 2. The molecular formula is C12H15NO4. The Labute approximate surface area is 99.9 Å². The van der Waals surface area contributed by atoms with Crippen molar-refractivity contribution in [2.75, 3.05) is 13.7 Å². The summed E-state index contributed by atoms with van der Waals surface area (Å²) in [6.07, 6.45) is 0.897. The van der Waals surface area contributed by atoms with Crippen molar-refractivity contribution in [2.24, 2.45) is 0 Å². The van der Waals surface area contributed by atoms with E-state index in [1.807, 2.05) is 0 Å². The van der Waals surface area contributed by atoms with Crippen molar-refractivity contribution in [3.05, 3.63) is 35.0 Å². The van der Waals surface area contributed by atoms with E-state index in [0.717, 1.165) is 17.5 Å². The highest BCUT2D eigenvalue weighted by Crippen LogP contribution is 2.11. The fourth-order valence-electron chi connectivity index (χ4n) is 1.25. The highest BCUT2D eigenvalue weighted by atomic mass is 16.5. The molecule has 0 aliphatic rings. The van der Waals surface area contributed by atoms with Crippen molar-refractivity contribution < 1.29 is 19.0 Å². The number of carbonyl (C=O) groups excluding carboxylic acids is 1. The van der Waals surface area contributed by atoms with E-state index in [1.54, 1.807) is 38.3 Å². The third-order valence-electron chi connectivity index (χ3n) is 2.03. The lowest BCUT2D eigenvalue weighted by Crippen LogP contribution is -2.14. The maximum absolute atomic E-state index is 11.4. The van der Waals surface area contributed by atoms with Crippen LogP contribution in [0.4, 0.5) is 0 Å². The molecule has 0 spiro atoms. The fourth-order valence-corrected chi connectivity index (χ4v) is 1.25. The van der Waals surface area contributed by atoms with E-state index < -0.39 is 5.97 Å². The number of benzene rings is 1. The van der Waals surface area contributed by atoms with Gasteiger partial charge in [0.2, 0.25) is 0 Å². The van der Waals surface area contributed by atoms with Crippen molar-refractivity contribution in [2.45, 2.75) is 13.5 Å². The van der Waals surface area contributed by atoms with Gasteiger partial charge in [-0.05, 0) is 31.2 Å². The average molecular weight is 237 g/mol. The van der Waals surface area contributed by atoms with Gasteiger partial charge >= 0.3 is 5.97 Å². The third-order valence-corrected chi connectivity index (χ3v) is 2.03. The van der Waals surface area contributed by atoms with Crippen molar-refractivity contribution in [3.8, 4) is 5.75 Å². The van der Waals surface area contributed by atoms with Crippen LogP contribution >= 0.6 is 0 Å². The van der Waals surface area contributed by atoms with Gasteiger partial charge in [0.25, 0.3) is 6.21 Å². The molecule has 1 rings (SSSR count). The Bertz CT molecular complexity index is 397. The van der Waals surface area contributed by atoms with Gasteiger partial charge in [0.1, 0.15) is 5.75 Å². The van der Waals surface area contributed by atoms with Crippen LogP contribution in [-0.2, 0) is 16.1 Å². The molecule has 17 heavy (non-hydrogen) atoms. The maximum Gasteiger partial charge on any atom is 0.396 e. The summed E-state index contributed by atoms with van der Waals surface area (Å²) in [6, 6.07) is 7.05. The zero-order chi connectivity index (χ0) is 12.7. The SMILES string of the molecule is CCOC(=O)/C=[N+](\[O-])Cc1ccc(OC)cc1. The van der Waals surface area contributed by atoms with Gasteiger partial charge in [0.05, 0.1) is 13.7 Å². The van der Waals surface area contributed by atoms with Crippen LogP contribution in [0.5, 0.6) is 5.75 Å². The summed E-state index contributed by atoms with van der Waals surface area (Å²) in [5.41, 5.74) is 0.793. The normalized spacial score (nSPS) is 11.1. The number of rotatable bonds is 5. The van der Waals surface area contributed by atoms with Gasteiger partial charge in [-0.2, -0.15) is 0 Å². The topological polar surface area (TPSA) is 61.6 Å². The minimum Gasteiger partial charge on any atom is -0.623 e. The smallest absolute Gasteiger partial charge is 0.396 e. The van der Waals surface area contributed by atoms with E-state index in [1.165, 1.54) is 0 Å². The van der Waals surface area contributed by atoms with Crippen LogP contribution in [0.1, 0.15) is 12.5 Å². The number of methoxy groups -OCH3 is 1. The lowest BCUT2D eigenvalue weighted by atomic mass is 10.2. The molecule has 0 unspecified atom stereocenters. The van der Waals surface area contributed by atoms with Gasteiger partial charge in [-0.15, -0.1) is 0 Å². The highest BCUT2D eigenvalue weighted by molar-refractivity contribution is 6.20. The van der Waals surface area contributed by atoms with E-state index in [0.29, 0.717) is 4.74 Å². The maximum atomic E-state index is 11.4. The standard InChI is InChI=1S/C12H15NO4/c1-3-17-12(14)9-13(15)8-10-4-6-11(16-2)7-5-10/h4-7,9H,3,8H2,1-2H3/b13-9-. The summed E-state index contributed by atoms with van der Waals surface area (Å²) in [5.74, 6) is 0.0941. The van der Waals surface area contributed by atoms with Crippen LogP contribution in [0.25, 0.3) is 0 Å². The second kappa shape index (κ2) is 6.52. The number of carbonyl (C=O) groups is 1. The molecule has 0 bridgehead atoms. The van der Waals surface area contributed by atoms with Crippen LogP contribution in [0, 0.1) is 5.21 Å². The number of esters is 1. The molecule has 5 nitrogen and oxygen atoms in total. The lowest BCUT2D eigenvalue weighted by molar-refractivity contribution is -0.469. The van der Waals surface area contributed by atoms with Crippen LogP contribution in [-0.4, -0.2) is 30.6 Å². The first-order valence-corrected chi connectivity index (χ1v) is 5.24. The highest BCUT2D eigenvalue weighted by Gasteiger charge is 2.04. The Morgan fingerprint density at radius 1 is 1.41 bits per heavy atom. The van der Waals surface area contributed by atoms with Gasteiger partial charge in [-0.3, -0.25) is 0 Å². The van der Waals surface area contributed by atoms with E-state index in [-0.39, 0.29) is 13.2 Å². The predicted molar refractivity (Wildman–Crippen MR) is 63.0 cm³/mol. The number of nitrogens with zero attached hydrogens (tertiary/aromatic N) is 1. The molecule has 0 heterocycles. The van der Waals surface area contributed by atoms with E-state index in [9.17, 15) is 10.0 Å². The van der Waals surface area contributed by atoms with Crippen LogP contribution in [0.15, 0.2) is 24.3 Å². The lowest BCUT2D eigenvalue weighted by Gasteiger charge is -2.05. The molecule has 0 aliphatic carbocycles. The van der Waals surface area contributed by atoms with Crippen LogP contribution in [0.3, 0.4) is 0 Å². The van der Waals surface area contributed by atoms with E-state index >= 15 is 0 Å². The molecule has 0 amide bonds. The van der Waals surface area contributed by atoms with Gasteiger partial charge in [-0.1, -0.05) is 0 Å². The van der Waals surface area contributed by atoms with Crippen molar-refractivity contribution in [1.29, 1.82) is 0 Å². The molecule has 5 heteroatoms. The molecule has 0 atom stereocenters. The van der Waals surface area contributed by atoms with E-state index in [4.69, 9.17) is 4.74 Å². The Hall–Kier alpha value is -2.04. The van der Waals surface area contributed by atoms with Gasteiger partial charge < -0.3 is 14.7 Å². The Morgan fingerprint density at radius 2 is 2.06 bits per heavy atom. The molecular weight excluding hydrogens is 222 g/mol. The zero-order valence-electron chi connectivity index (χ0n) is 9.88. The van der Waals surface area contributed by atoms with Gasteiger partial charge in [-0.25, -0.2) is 9.53 Å². The van der Waals surface area contributed by atoms with Crippen molar-refractivity contribution >= 4 is 12.2 Å². The second-order valence-corrected chi connectivity index (χ2v) is 3.30. The summed E-state index contributed by atoms with van der Waals surface area (Å²) in [5, 5.41) is 11.4. The molecule has 1 aromatic carbocycles. The molecule has 0 aliphatic heterocycles. The predicted octanol–water partition coefficient (Wildman–Crippen LogP) is 1.34. The minimum absolute atomic E-state index is 0.100. The first-order valence-electron chi connectivity index (χ1n) is 5.24. The first kappa shape index (κ1) is 13.0.